The first-order valence-electron chi connectivity index (χ1n) is 3.97. The molecule has 0 atom stereocenters. The molecular formula is C9H23NO. The van der Waals surface area contributed by atoms with Gasteiger partial charge in [0.2, 0.25) is 5.91 Å². The molecule has 0 heterocycles. The lowest BCUT2D eigenvalue weighted by Crippen LogP contribution is -2.27. The Labute approximate surface area is 71.7 Å². The fourth-order valence-electron chi connectivity index (χ4n) is 0. The molecule has 0 bridgehead atoms. The van der Waals surface area contributed by atoms with Gasteiger partial charge < -0.3 is 5.73 Å². The number of rotatable bonds is 0. The summed E-state index contributed by atoms with van der Waals surface area (Å²) in [5, 5.41) is 0. The standard InChI is InChI=1S/C5H11NO.C4H10.H2/c1-5(2,3)4(6)7;1-4(2)3;/h1-3H3,(H2,6,7);4H,1-3H3;1H. The summed E-state index contributed by atoms with van der Waals surface area (Å²) in [6, 6.07) is 0. The van der Waals surface area contributed by atoms with E-state index >= 15 is 0 Å². The third kappa shape index (κ3) is 17.7. The topological polar surface area (TPSA) is 43.1 Å². The molecule has 0 aromatic heterocycles. The van der Waals surface area contributed by atoms with Crippen LogP contribution in [-0.2, 0) is 4.79 Å². The van der Waals surface area contributed by atoms with E-state index in [-0.39, 0.29) is 12.7 Å². The first-order chi connectivity index (χ1) is 4.68. The predicted molar refractivity (Wildman–Crippen MR) is 51.3 cm³/mol. The normalized spacial score (nSPS) is 10.5. The third-order valence-corrected chi connectivity index (χ3v) is 0.739. The van der Waals surface area contributed by atoms with Gasteiger partial charge in [0.1, 0.15) is 0 Å². The number of hydrogen-bond acceptors (Lipinski definition) is 1. The zero-order valence-corrected chi connectivity index (χ0v) is 8.56. The average molecular weight is 161 g/mol. The van der Waals surface area contributed by atoms with Gasteiger partial charge in [-0.05, 0) is 5.92 Å². The van der Waals surface area contributed by atoms with E-state index < -0.39 is 0 Å². The van der Waals surface area contributed by atoms with E-state index in [1.54, 1.807) is 20.8 Å². The highest BCUT2D eigenvalue weighted by atomic mass is 16.1. The van der Waals surface area contributed by atoms with E-state index in [9.17, 15) is 4.79 Å². The van der Waals surface area contributed by atoms with Crippen LogP contribution in [0.2, 0.25) is 0 Å². The summed E-state index contributed by atoms with van der Waals surface area (Å²) in [6.45, 7) is 11.9. The summed E-state index contributed by atoms with van der Waals surface area (Å²) in [4.78, 5) is 10.2. The zero-order valence-electron chi connectivity index (χ0n) is 8.56. The van der Waals surface area contributed by atoms with Crippen LogP contribution in [0.5, 0.6) is 0 Å². The minimum absolute atomic E-state index is 0. The quantitative estimate of drug-likeness (QED) is 0.582. The van der Waals surface area contributed by atoms with Crippen molar-refractivity contribution in [2.75, 3.05) is 0 Å². The summed E-state index contributed by atoms with van der Waals surface area (Å²) in [6.07, 6.45) is 0. The molecule has 0 aromatic carbocycles. The highest BCUT2D eigenvalue weighted by Crippen LogP contribution is 2.09. The van der Waals surface area contributed by atoms with Crippen LogP contribution in [0.1, 0.15) is 43.0 Å². The van der Waals surface area contributed by atoms with Gasteiger partial charge >= 0.3 is 0 Å². The Morgan fingerprint density at radius 1 is 1.27 bits per heavy atom. The highest BCUT2D eigenvalue weighted by molar-refractivity contribution is 5.79. The molecule has 0 aliphatic heterocycles. The monoisotopic (exact) mass is 161 g/mol. The van der Waals surface area contributed by atoms with Crippen LogP contribution < -0.4 is 5.73 Å². The average Bonchev–Trinajstić information content (AvgIpc) is 1.59. The number of carbonyl (C=O) groups is 1. The van der Waals surface area contributed by atoms with Gasteiger partial charge in [-0.25, -0.2) is 0 Å². The van der Waals surface area contributed by atoms with Crippen molar-refractivity contribution in [3.63, 3.8) is 0 Å². The van der Waals surface area contributed by atoms with Crippen LogP contribution in [0.3, 0.4) is 0 Å². The summed E-state index contributed by atoms with van der Waals surface area (Å²) in [7, 11) is 0. The molecular weight excluding hydrogens is 138 g/mol. The summed E-state index contributed by atoms with van der Waals surface area (Å²) < 4.78 is 0. The molecule has 2 heteroatoms. The van der Waals surface area contributed by atoms with Crippen LogP contribution in [0.15, 0.2) is 0 Å². The molecule has 70 valence electrons. The maximum atomic E-state index is 10.2. The van der Waals surface area contributed by atoms with E-state index in [0.29, 0.717) is 0 Å². The van der Waals surface area contributed by atoms with Crippen LogP contribution in [0.25, 0.3) is 0 Å². The van der Waals surface area contributed by atoms with Crippen LogP contribution in [0.4, 0.5) is 0 Å². The molecule has 1 amide bonds. The lowest BCUT2D eigenvalue weighted by molar-refractivity contribution is -0.125. The first-order valence-corrected chi connectivity index (χ1v) is 3.97. The molecule has 0 aliphatic rings. The second-order valence-corrected chi connectivity index (χ2v) is 4.35. The maximum Gasteiger partial charge on any atom is 0.222 e. The Kier molecular flexibility index (Phi) is 6.14. The van der Waals surface area contributed by atoms with Crippen molar-refractivity contribution in [1.29, 1.82) is 0 Å². The lowest BCUT2D eigenvalue weighted by Gasteiger charge is -2.10. The number of amides is 1. The largest absolute Gasteiger partial charge is 0.369 e. The predicted octanol–water partition coefficient (Wildman–Crippen LogP) is 2.43. The van der Waals surface area contributed by atoms with Gasteiger partial charge in [0.25, 0.3) is 0 Å². The Bertz CT molecular complexity index is 113. The molecule has 0 saturated carbocycles. The van der Waals surface area contributed by atoms with Gasteiger partial charge in [-0.1, -0.05) is 41.5 Å². The second-order valence-electron chi connectivity index (χ2n) is 4.35. The second kappa shape index (κ2) is 5.16. The number of nitrogens with two attached hydrogens (primary N) is 1. The lowest BCUT2D eigenvalue weighted by atomic mass is 9.96. The van der Waals surface area contributed by atoms with E-state index in [0.717, 1.165) is 5.92 Å². The fourth-order valence-corrected chi connectivity index (χ4v) is 0. The van der Waals surface area contributed by atoms with Crippen LogP contribution in [0, 0.1) is 11.3 Å². The summed E-state index contributed by atoms with van der Waals surface area (Å²) in [5.74, 6) is 0.576. The zero-order chi connectivity index (χ0) is 9.65. The molecule has 0 unspecified atom stereocenters. The fraction of sp³-hybridized carbons (Fsp3) is 0.889. The molecule has 0 aromatic rings. The maximum absolute atomic E-state index is 10.2. The van der Waals surface area contributed by atoms with Crippen molar-refractivity contribution in [3.8, 4) is 0 Å². The molecule has 2 N–H and O–H groups in total. The Morgan fingerprint density at radius 3 is 1.36 bits per heavy atom. The number of hydrogen-bond donors (Lipinski definition) is 1. The van der Waals surface area contributed by atoms with E-state index in [4.69, 9.17) is 5.73 Å². The smallest absolute Gasteiger partial charge is 0.222 e. The van der Waals surface area contributed by atoms with Crippen molar-refractivity contribution >= 4 is 5.91 Å². The number of primary amides is 1. The van der Waals surface area contributed by atoms with Crippen molar-refractivity contribution in [2.45, 2.75) is 41.5 Å². The van der Waals surface area contributed by atoms with E-state index in [1.807, 2.05) is 0 Å². The molecule has 2 nitrogen and oxygen atoms in total. The molecule has 0 saturated heterocycles. The Morgan fingerprint density at radius 2 is 1.36 bits per heavy atom. The third-order valence-electron chi connectivity index (χ3n) is 0.739. The Hall–Kier alpha value is -0.530. The van der Waals surface area contributed by atoms with E-state index in [2.05, 4.69) is 20.8 Å². The molecule has 0 aliphatic carbocycles. The highest BCUT2D eigenvalue weighted by Gasteiger charge is 2.16. The van der Waals surface area contributed by atoms with Crippen molar-refractivity contribution < 1.29 is 6.22 Å². The van der Waals surface area contributed by atoms with Crippen molar-refractivity contribution in [3.05, 3.63) is 0 Å². The van der Waals surface area contributed by atoms with Gasteiger partial charge in [-0.15, -0.1) is 0 Å². The van der Waals surface area contributed by atoms with Gasteiger partial charge in [0.15, 0.2) is 0 Å². The molecule has 0 fully saturated rings. The van der Waals surface area contributed by atoms with Gasteiger partial charge in [0, 0.05) is 6.84 Å². The SMILES string of the molecule is CC(C)(C)C(N)=O.CC(C)C.[HH]. The number of carbonyl (C=O) groups excluding carboxylic acids is 1. The summed E-state index contributed by atoms with van der Waals surface area (Å²) in [5.41, 5.74) is 4.57. The molecule has 0 rings (SSSR count). The minimum atomic E-state index is -0.361. The van der Waals surface area contributed by atoms with E-state index in [1.165, 1.54) is 0 Å². The molecule has 0 radical (unpaired) electrons. The van der Waals surface area contributed by atoms with Crippen molar-refractivity contribution in [2.24, 2.45) is 17.1 Å². The molecule has 11 heavy (non-hydrogen) atoms. The van der Waals surface area contributed by atoms with Gasteiger partial charge in [0.05, 0.1) is 0 Å². The Balaban J connectivity index is -0.000000142. The first kappa shape index (κ1) is 13.1. The van der Waals surface area contributed by atoms with Gasteiger partial charge in [-0.2, -0.15) is 0 Å². The summed E-state index contributed by atoms with van der Waals surface area (Å²) >= 11 is 0. The van der Waals surface area contributed by atoms with Crippen LogP contribution >= 0.6 is 0 Å². The minimum Gasteiger partial charge on any atom is -0.369 e. The van der Waals surface area contributed by atoms with Crippen molar-refractivity contribution in [1.82, 2.24) is 0 Å². The van der Waals surface area contributed by atoms with Crippen LogP contribution in [-0.4, -0.2) is 5.91 Å². The molecule has 0 spiro atoms. The van der Waals surface area contributed by atoms with Gasteiger partial charge in [-0.3, -0.25) is 4.79 Å².